The third kappa shape index (κ3) is 6.83. The van der Waals surface area contributed by atoms with Crippen molar-refractivity contribution >= 4 is 51.2 Å². The number of benzene rings is 7. The van der Waals surface area contributed by atoms with E-state index in [1.165, 1.54) is 37.8 Å². The highest BCUT2D eigenvalue weighted by Crippen LogP contribution is 2.55. The zero-order chi connectivity index (χ0) is 33.1. The van der Waals surface area contributed by atoms with Crippen molar-refractivity contribution in [1.29, 1.82) is 0 Å². The molecule has 0 radical (unpaired) electrons. The molecule has 0 spiro atoms. The van der Waals surface area contributed by atoms with Crippen LogP contribution < -0.4 is 37.8 Å². The molecule has 0 aliphatic rings. The normalized spacial score (nSPS) is 12.0. The second-order valence-corrected chi connectivity index (χ2v) is 15.9. The number of hydrogen-bond donors (Lipinski definition) is 1. The fraction of sp³-hybridized carbons (Fsp3) is 0.0667. The van der Waals surface area contributed by atoms with Gasteiger partial charge in [0.2, 0.25) is 0 Å². The van der Waals surface area contributed by atoms with Gasteiger partial charge in [-0.15, -0.1) is 0 Å². The van der Waals surface area contributed by atoms with E-state index in [-0.39, 0.29) is 6.10 Å². The number of aliphatic hydroxyl groups excluding tert-OH is 1. The fourth-order valence-corrected chi connectivity index (χ4v) is 11.7. The van der Waals surface area contributed by atoms with Gasteiger partial charge in [0.25, 0.3) is 0 Å². The van der Waals surface area contributed by atoms with Crippen LogP contribution in [-0.2, 0) is 0 Å². The summed E-state index contributed by atoms with van der Waals surface area (Å²) in [5, 5.41) is 14.3. The fourth-order valence-electron chi connectivity index (χ4n) is 7.33. The SMILES string of the molecule is CC(O)C[P+](c1ccccc1)(c1ccccc1)c1ccccc1.c1ccc([B-](c2ccccc2)(c2ccccc2)c2ccccc2)cc1. The van der Waals surface area contributed by atoms with Crippen molar-refractivity contribution in [2.75, 3.05) is 6.16 Å². The molecule has 7 rings (SSSR count). The van der Waals surface area contributed by atoms with E-state index in [0.717, 1.165) is 6.16 Å². The molecule has 0 amide bonds. The lowest BCUT2D eigenvalue weighted by Crippen LogP contribution is -2.74. The van der Waals surface area contributed by atoms with E-state index in [1.807, 2.05) is 6.92 Å². The minimum atomic E-state index is -1.86. The maximum Gasteiger partial charge on any atom is 0.114 e. The molecule has 0 aliphatic heterocycles. The lowest BCUT2D eigenvalue weighted by Gasteiger charge is -2.44. The first-order valence-corrected chi connectivity index (χ1v) is 18.7. The second-order valence-electron chi connectivity index (χ2n) is 12.4. The topological polar surface area (TPSA) is 20.2 Å². The standard InChI is InChI=1S/C24H20B.C21H22OP/c1-5-13-21(14-6-1)25(22-15-7-2-8-16-22,23-17-9-3-10-18-23)24-19-11-4-12-20-24;1-18(22)17-23(19-11-5-2-6-12-19,20-13-7-3-8-14-20)21-15-9-4-10-16-21/h1-20H;2-16,18,22H,17H2,1H3/q-1;+1. The van der Waals surface area contributed by atoms with Crippen molar-refractivity contribution in [3.63, 3.8) is 0 Å². The molecule has 236 valence electrons. The summed E-state index contributed by atoms with van der Waals surface area (Å²) in [6.07, 6.45) is -0.818. The molecular weight excluding hydrogens is 598 g/mol. The quantitative estimate of drug-likeness (QED) is 0.143. The summed E-state index contributed by atoms with van der Waals surface area (Å²) >= 11 is 0. The van der Waals surface area contributed by atoms with Crippen molar-refractivity contribution in [1.82, 2.24) is 0 Å². The van der Waals surface area contributed by atoms with Gasteiger partial charge in [-0.05, 0) is 43.3 Å². The molecule has 48 heavy (non-hydrogen) atoms. The van der Waals surface area contributed by atoms with Crippen LogP contribution in [0.5, 0.6) is 0 Å². The van der Waals surface area contributed by atoms with Crippen LogP contribution in [0.25, 0.3) is 0 Å². The number of aliphatic hydroxyl groups is 1. The van der Waals surface area contributed by atoms with Crippen molar-refractivity contribution in [2.45, 2.75) is 13.0 Å². The molecule has 0 aliphatic carbocycles. The average Bonchev–Trinajstić information content (AvgIpc) is 3.17. The largest absolute Gasteiger partial charge is 0.390 e. The smallest absolute Gasteiger partial charge is 0.114 e. The number of hydrogen-bond acceptors (Lipinski definition) is 1. The Kier molecular flexibility index (Phi) is 10.8. The van der Waals surface area contributed by atoms with E-state index in [9.17, 15) is 5.11 Å². The molecule has 0 fully saturated rings. The summed E-state index contributed by atoms with van der Waals surface area (Å²) < 4.78 is 0. The van der Waals surface area contributed by atoms with Gasteiger partial charge in [-0.2, -0.15) is 21.9 Å². The maximum absolute atomic E-state index is 10.3. The molecule has 1 nitrogen and oxygen atoms in total. The Bertz CT molecular complexity index is 1680. The van der Waals surface area contributed by atoms with Crippen LogP contribution >= 0.6 is 7.26 Å². The van der Waals surface area contributed by atoms with Crippen LogP contribution in [0.3, 0.4) is 0 Å². The highest BCUT2D eigenvalue weighted by molar-refractivity contribution is 7.95. The Morgan fingerprint density at radius 2 is 0.583 bits per heavy atom. The van der Waals surface area contributed by atoms with Gasteiger partial charge < -0.3 is 5.11 Å². The minimum Gasteiger partial charge on any atom is -0.390 e. The van der Waals surface area contributed by atoms with Crippen LogP contribution in [0.2, 0.25) is 0 Å². The molecule has 0 saturated carbocycles. The van der Waals surface area contributed by atoms with Gasteiger partial charge in [0.1, 0.15) is 29.3 Å². The van der Waals surface area contributed by atoms with Gasteiger partial charge in [-0.3, -0.25) is 0 Å². The molecule has 7 aromatic carbocycles. The van der Waals surface area contributed by atoms with E-state index >= 15 is 0 Å². The van der Waals surface area contributed by atoms with E-state index in [1.54, 1.807) is 0 Å². The first kappa shape index (κ1) is 32.9. The first-order chi connectivity index (χ1) is 23.7. The third-order valence-corrected chi connectivity index (χ3v) is 13.9. The second kappa shape index (κ2) is 15.7. The van der Waals surface area contributed by atoms with E-state index < -0.39 is 13.4 Å². The Balaban J connectivity index is 0.000000168. The van der Waals surface area contributed by atoms with E-state index in [4.69, 9.17) is 0 Å². The van der Waals surface area contributed by atoms with Crippen molar-refractivity contribution in [3.8, 4) is 0 Å². The van der Waals surface area contributed by atoms with Crippen LogP contribution in [0.4, 0.5) is 0 Å². The molecule has 7 aromatic rings. The predicted octanol–water partition coefficient (Wildman–Crippen LogP) is 6.43. The molecule has 0 aromatic heterocycles. The van der Waals surface area contributed by atoms with Gasteiger partial charge in [-0.25, -0.2) is 0 Å². The van der Waals surface area contributed by atoms with Crippen LogP contribution in [0, 0.1) is 0 Å². The first-order valence-electron chi connectivity index (χ1n) is 16.8. The van der Waals surface area contributed by atoms with Gasteiger partial charge in [0.15, 0.2) is 0 Å². The van der Waals surface area contributed by atoms with Gasteiger partial charge >= 0.3 is 0 Å². The molecule has 1 atom stereocenters. The highest BCUT2D eigenvalue weighted by atomic mass is 31.2. The summed E-state index contributed by atoms with van der Waals surface area (Å²) in [5.74, 6) is 0. The summed E-state index contributed by atoms with van der Waals surface area (Å²) in [6.45, 7) is 1.89. The molecule has 3 heteroatoms. The van der Waals surface area contributed by atoms with Crippen LogP contribution in [0.15, 0.2) is 212 Å². The van der Waals surface area contributed by atoms with Crippen molar-refractivity contribution in [3.05, 3.63) is 212 Å². The summed E-state index contributed by atoms with van der Waals surface area (Å²) in [7, 11) is -1.86. The Morgan fingerprint density at radius 3 is 0.792 bits per heavy atom. The Hall–Kier alpha value is -5.01. The Labute approximate surface area is 286 Å². The molecular formula is C45H42BOP. The predicted molar refractivity (Wildman–Crippen MR) is 212 cm³/mol. The van der Waals surface area contributed by atoms with Gasteiger partial charge in [0.05, 0.1) is 12.3 Å². The zero-order valence-corrected chi connectivity index (χ0v) is 28.4. The molecule has 0 saturated heterocycles. The van der Waals surface area contributed by atoms with Crippen LogP contribution in [-0.4, -0.2) is 23.5 Å². The van der Waals surface area contributed by atoms with E-state index in [0.29, 0.717) is 0 Å². The molecule has 0 bridgehead atoms. The van der Waals surface area contributed by atoms with E-state index in [2.05, 4.69) is 212 Å². The number of rotatable bonds is 9. The molecule has 0 heterocycles. The molecule has 1 N–H and O–H groups in total. The molecule has 1 unspecified atom stereocenters. The zero-order valence-electron chi connectivity index (χ0n) is 27.5. The Morgan fingerprint density at radius 1 is 0.375 bits per heavy atom. The summed E-state index contributed by atoms with van der Waals surface area (Å²) in [5.41, 5.74) is 5.36. The van der Waals surface area contributed by atoms with Crippen LogP contribution in [0.1, 0.15) is 6.92 Å². The summed E-state index contributed by atoms with van der Waals surface area (Å²) in [6, 6.07) is 75.5. The highest BCUT2D eigenvalue weighted by Gasteiger charge is 2.46. The van der Waals surface area contributed by atoms with Gasteiger partial charge in [0, 0.05) is 0 Å². The van der Waals surface area contributed by atoms with Crippen molar-refractivity contribution in [2.24, 2.45) is 0 Å². The van der Waals surface area contributed by atoms with Crippen molar-refractivity contribution < 1.29 is 5.11 Å². The lowest BCUT2D eigenvalue weighted by molar-refractivity contribution is 0.219. The lowest BCUT2D eigenvalue weighted by atomic mass is 9.13. The third-order valence-electron chi connectivity index (χ3n) is 9.33. The summed E-state index contributed by atoms with van der Waals surface area (Å²) in [4.78, 5) is 0. The van der Waals surface area contributed by atoms with Gasteiger partial charge in [-0.1, -0.05) is 176 Å². The average molecular weight is 641 g/mol. The monoisotopic (exact) mass is 640 g/mol. The maximum atomic E-state index is 10.3. The minimum absolute atomic E-state index is 0.357.